The zero-order valence-electron chi connectivity index (χ0n) is 10.6. The first-order valence-corrected chi connectivity index (χ1v) is 6.67. The zero-order valence-corrected chi connectivity index (χ0v) is 12.2. The van der Waals surface area contributed by atoms with Crippen LogP contribution in [0.3, 0.4) is 0 Å². The van der Waals surface area contributed by atoms with Crippen molar-refractivity contribution in [2.24, 2.45) is 0 Å². The van der Waals surface area contributed by atoms with E-state index in [0.29, 0.717) is 21.4 Å². The first kappa shape index (κ1) is 15.2. The van der Waals surface area contributed by atoms with Crippen molar-refractivity contribution in [2.45, 2.75) is 6.61 Å². The second kappa shape index (κ2) is 6.53. The molecule has 0 fully saturated rings. The average molecular weight is 357 g/mol. The van der Waals surface area contributed by atoms with E-state index in [-0.39, 0.29) is 11.7 Å². The third-order valence-electron chi connectivity index (χ3n) is 2.61. The summed E-state index contributed by atoms with van der Waals surface area (Å²) in [6.07, 6.45) is 0. The smallest absolute Gasteiger partial charge is 0.387 e. The van der Waals surface area contributed by atoms with Gasteiger partial charge in [-0.3, -0.25) is 4.79 Å². The Hall–Kier alpha value is -2.15. The maximum Gasteiger partial charge on any atom is 0.387 e. The van der Waals surface area contributed by atoms with Crippen molar-refractivity contribution in [3.63, 3.8) is 0 Å². The van der Waals surface area contributed by atoms with Crippen molar-refractivity contribution in [1.29, 1.82) is 0 Å². The molecule has 21 heavy (non-hydrogen) atoms. The molecule has 0 radical (unpaired) electrons. The first-order chi connectivity index (χ1) is 9.97. The number of alkyl halides is 2. The maximum atomic E-state index is 12.1. The Morgan fingerprint density at radius 2 is 1.86 bits per heavy atom. The van der Waals surface area contributed by atoms with Gasteiger partial charge >= 0.3 is 6.61 Å². The Morgan fingerprint density at radius 3 is 2.48 bits per heavy atom. The molecule has 0 saturated carbocycles. The molecule has 0 saturated heterocycles. The Morgan fingerprint density at radius 1 is 1.19 bits per heavy atom. The Kier molecular flexibility index (Phi) is 4.74. The van der Waals surface area contributed by atoms with Crippen molar-refractivity contribution in [1.82, 2.24) is 0 Å². The van der Waals surface area contributed by atoms with Crippen LogP contribution in [0.4, 0.5) is 20.2 Å². The van der Waals surface area contributed by atoms with Crippen LogP contribution in [0.2, 0.25) is 0 Å². The number of carbonyl (C=O) groups excluding carboxylic acids is 1. The fourth-order valence-electron chi connectivity index (χ4n) is 1.64. The number of halogens is 3. The molecule has 0 heterocycles. The lowest BCUT2D eigenvalue weighted by Gasteiger charge is -2.09. The van der Waals surface area contributed by atoms with Crippen molar-refractivity contribution < 1.29 is 18.3 Å². The molecule has 2 aromatic rings. The number of nitrogen functional groups attached to an aromatic ring is 1. The summed E-state index contributed by atoms with van der Waals surface area (Å²) in [4.78, 5) is 12.1. The molecule has 0 unspecified atom stereocenters. The third-order valence-corrected chi connectivity index (χ3v) is 3.50. The highest BCUT2D eigenvalue weighted by Gasteiger charge is 2.12. The highest BCUT2D eigenvalue weighted by atomic mass is 79.9. The summed E-state index contributed by atoms with van der Waals surface area (Å²) < 4.78 is 28.8. The van der Waals surface area contributed by atoms with Gasteiger partial charge in [-0.1, -0.05) is 6.07 Å². The summed E-state index contributed by atoms with van der Waals surface area (Å²) in [7, 11) is 0. The summed E-state index contributed by atoms with van der Waals surface area (Å²) in [5.41, 5.74) is 6.98. The number of benzene rings is 2. The number of anilines is 2. The van der Waals surface area contributed by atoms with Crippen LogP contribution in [-0.2, 0) is 0 Å². The normalized spacial score (nSPS) is 10.5. The number of ether oxygens (including phenoxy) is 1. The van der Waals surface area contributed by atoms with Crippen LogP contribution in [0.1, 0.15) is 10.4 Å². The fraction of sp³-hybridized carbons (Fsp3) is 0.0714. The maximum absolute atomic E-state index is 12.1. The van der Waals surface area contributed by atoms with Gasteiger partial charge in [0.15, 0.2) is 0 Å². The largest absolute Gasteiger partial charge is 0.435 e. The molecule has 3 N–H and O–H groups in total. The summed E-state index contributed by atoms with van der Waals surface area (Å²) in [5, 5.41) is 2.64. The Labute approximate surface area is 128 Å². The van der Waals surface area contributed by atoms with Gasteiger partial charge in [0.2, 0.25) is 0 Å². The number of amides is 1. The number of hydrogen-bond donors (Lipinski definition) is 2. The molecule has 0 aromatic heterocycles. The molecule has 0 bridgehead atoms. The van der Waals surface area contributed by atoms with Crippen LogP contribution in [0.5, 0.6) is 5.75 Å². The summed E-state index contributed by atoms with van der Waals surface area (Å²) in [6, 6.07) is 10.6. The van der Waals surface area contributed by atoms with E-state index in [1.807, 2.05) is 0 Å². The van der Waals surface area contributed by atoms with Gasteiger partial charge in [-0.05, 0) is 52.3 Å². The molecule has 110 valence electrons. The van der Waals surface area contributed by atoms with Gasteiger partial charge in [-0.25, -0.2) is 0 Å². The second-order valence-electron chi connectivity index (χ2n) is 4.07. The highest BCUT2D eigenvalue weighted by Crippen LogP contribution is 2.25. The SMILES string of the molecule is Nc1cccc(C(=O)Nc2ccc(OC(F)F)cc2)c1Br. The zero-order chi connectivity index (χ0) is 15.4. The van der Waals surface area contributed by atoms with Crippen molar-refractivity contribution in [3.05, 3.63) is 52.5 Å². The van der Waals surface area contributed by atoms with E-state index in [1.54, 1.807) is 18.2 Å². The van der Waals surface area contributed by atoms with E-state index in [4.69, 9.17) is 5.73 Å². The minimum atomic E-state index is -2.88. The second-order valence-corrected chi connectivity index (χ2v) is 4.86. The number of nitrogens with two attached hydrogens (primary N) is 1. The van der Waals surface area contributed by atoms with Crippen LogP contribution in [0.25, 0.3) is 0 Å². The predicted molar refractivity (Wildman–Crippen MR) is 79.6 cm³/mol. The van der Waals surface area contributed by atoms with Crippen molar-refractivity contribution >= 4 is 33.2 Å². The molecule has 0 spiro atoms. The van der Waals surface area contributed by atoms with Gasteiger partial charge in [0, 0.05) is 11.4 Å². The molecule has 0 atom stereocenters. The quantitative estimate of drug-likeness (QED) is 0.817. The molecule has 2 rings (SSSR count). The molecule has 0 aliphatic rings. The van der Waals surface area contributed by atoms with E-state index in [1.165, 1.54) is 24.3 Å². The van der Waals surface area contributed by atoms with Gasteiger partial charge in [0.25, 0.3) is 5.91 Å². The Balaban J connectivity index is 2.11. The lowest BCUT2D eigenvalue weighted by atomic mass is 10.2. The predicted octanol–water partition coefficient (Wildman–Crippen LogP) is 3.89. The van der Waals surface area contributed by atoms with Crippen LogP contribution >= 0.6 is 15.9 Å². The van der Waals surface area contributed by atoms with E-state index < -0.39 is 6.61 Å². The highest BCUT2D eigenvalue weighted by molar-refractivity contribution is 9.10. The molecule has 0 aliphatic carbocycles. The van der Waals surface area contributed by atoms with Gasteiger partial charge in [-0.2, -0.15) is 8.78 Å². The minimum absolute atomic E-state index is 0.0214. The van der Waals surface area contributed by atoms with E-state index in [0.717, 1.165) is 0 Å². The summed E-state index contributed by atoms with van der Waals surface area (Å²) in [5.74, 6) is -0.343. The first-order valence-electron chi connectivity index (χ1n) is 5.87. The lowest BCUT2D eigenvalue weighted by Crippen LogP contribution is -2.13. The van der Waals surface area contributed by atoms with Crippen LogP contribution in [-0.4, -0.2) is 12.5 Å². The molecule has 7 heteroatoms. The molecule has 4 nitrogen and oxygen atoms in total. The lowest BCUT2D eigenvalue weighted by molar-refractivity contribution is -0.0498. The van der Waals surface area contributed by atoms with Gasteiger partial charge in [-0.15, -0.1) is 0 Å². The van der Waals surface area contributed by atoms with Crippen LogP contribution in [0, 0.1) is 0 Å². The van der Waals surface area contributed by atoms with E-state index in [9.17, 15) is 13.6 Å². The van der Waals surface area contributed by atoms with Crippen LogP contribution in [0.15, 0.2) is 46.9 Å². The summed E-state index contributed by atoms with van der Waals surface area (Å²) >= 11 is 3.24. The number of nitrogens with one attached hydrogen (secondary N) is 1. The minimum Gasteiger partial charge on any atom is -0.435 e. The Bertz CT molecular complexity index is 648. The van der Waals surface area contributed by atoms with Crippen molar-refractivity contribution in [2.75, 3.05) is 11.1 Å². The number of hydrogen-bond acceptors (Lipinski definition) is 3. The van der Waals surface area contributed by atoms with E-state index >= 15 is 0 Å². The third kappa shape index (κ3) is 3.91. The van der Waals surface area contributed by atoms with E-state index in [2.05, 4.69) is 26.0 Å². The molecule has 1 amide bonds. The van der Waals surface area contributed by atoms with Gasteiger partial charge in [0.1, 0.15) is 5.75 Å². The topological polar surface area (TPSA) is 64.4 Å². The van der Waals surface area contributed by atoms with Gasteiger partial charge in [0.05, 0.1) is 10.0 Å². The molecular weight excluding hydrogens is 346 g/mol. The number of rotatable bonds is 4. The number of carbonyl (C=O) groups is 1. The standard InChI is InChI=1S/C14H11BrF2N2O2/c15-12-10(2-1-3-11(12)18)13(20)19-8-4-6-9(7-5-8)21-14(16)17/h1-7,14H,18H2,(H,19,20). The van der Waals surface area contributed by atoms with Gasteiger partial charge < -0.3 is 15.8 Å². The van der Waals surface area contributed by atoms with Crippen LogP contribution < -0.4 is 15.8 Å². The monoisotopic (exact) mass is 356 g/mol. The fourth-order valence-corrected chi connectivity index (χ4v) is 2.09. The van der Waals surface area contributed by atoms with Crippen molar-refractivity contribution in [3.8, 4) is 5.75 Å². The average Bonchev–Trinajstić information content (AvgIpc) is 2.43. The summed E-state index contributed by atoms with van der Waals surface area (Å²) in [6.45, 7) is -2.88. The molecule has 2 aromatic carbocycles. The molecule has 0 aliphatic heterocycles. The molecular formula is C14H11BrF2N2O2.